The Balaban J connectivity index is 0.000000195. The Morgan fingerprint density at radius 1 is 0.792 bits per heavy atom. The first-order chi connectivity index (χ1) is 22.3. The molecule has 1 unspecified atom stereocenters. The third-order valence-corrected chi connectivity index (χ3v) is 9.05. The van der Waals surface area contributed by atoms with Crippen LogP contribution in [0.2, 0.25) is 0 Å². The number of nitrogens with zero attached hydrogens (tertiary/aromatic N) is 4. The number of benzene rings is 3. The van der Waals surface area contributed by atoms with Crippen LogP contribution in [0, 0.1) is 13.8 Å². The number of hydrogen-bond donors (Lipinski definition) is 3. The number of aryl methyl sites for hydroxylation is 4. The average Bonchev–Trinajstić information content (AvgIpc) is 3.61. The summed E-state index contributed by atoms with van der Waals surface area (Å²) in [7, 11) is -6.75. The van der Waals surface area contributed by atoms with E-state index in [9.17, 15) is 30.0 Å². The number of fused-ring (bicyclic) bond motifs is 1. The predicted octanol–water partition coefficient (Wildman–Crippen LogP) is 5.73. The van der Waals surface area contributed by atoms with Gasteiger partial charge in [-0.2, -0.15) is 35.1 Å². The second-order valence-electron chi connectivity index (χ2n) is 11.2. The lowest BCUT2D eigenvalue weighted by atomic mass is 10.1. The molecule has 0 bridgehead atoms. The molecule has 1 aliphatic rings. The summed E-state index contributed by atoms with van der Waals surface area (Å²) >= 11 is 0. The SMILES string of the molecule is Cc1ccc(S(=O)(=O)O)cc1.Cc1ccc(S(=O)(=O)O)cc1.Cn1nc(-c2ccc(-c3cn4c(n3)CCC(N)C4)cc2)cc1C(F)(F)F. The molecule has 1 atom stereocenters. The van der Waals surface area contributed by atoms with Crippen LogP contribution in [0.4, 0.5) is 13.2 Å². The number of alkyl halides is 3. The van der Waals surface area contributed by atoms with Crippen molar-refractivity contribution in [3.63, 3.8) is 0 Å². The maximum Gasteiger partial charge on any atom is 0.433 e. The van der Waals surface area contributed by atoms with E-state index in [0.29, 0.717) is 11.3 Å². The van der Waals surface area contributed by atoms with E-state index >= 15 is 0 Å². The third kappa shape index (κ3) is 9.60. The molecule has 1 aliphatic heterocycles. The van der Waals surface area contributed by atoms with Crippen LogP contribution in [0.1, 0.15) is 29.1 Å². The minimum atomic E-state index is -4.42. The first-order valence-electron chi connectivity index (χ1n) is 14.4. The fourth-order valence-electron chi connectivity index (χ4n) is 4.72. The van der Waals surface area contributed by atoms with Gasteiger partial charge in [-0.15, -0.1) is 0 Å². The van der Waals surface area contributed by atoms with Crippen LogP contribution in [-0.2, 0) is 46.4 Å². The van der Waals surface area contributed by atoms with Crippen LogP contribution in [0.25, 0.3) is 22.5 Å². The average molecular weight is 706 g/mol. The van der Waals surface area contributed by atoms with Crippen molar-refractivity contribution in [2.75, 3.05) is 0 Å². The number of nitrogens with two attached hydrogens (primary N) is 1. The summed E-state index contributed by atoms with van der Waals surface area (Å²) in [4.78, 5) is 4.51. The molecule has 3 aromatic carbocycles. The van der Waals surface area contributed by atoms with E-state index in [2.05, 4.69) is 14.6 Å². The molecule has 0 spiro atoms. The molecule has 6 rings (SSSR count). The Hall–Kier alpha value is -4.35. The molecule has 0 saturated heterocycles. The van der Waals surface area contributed by atoms with Crippen LogP contribution in [-0.4, -0.2) is 51.3 Å². The second kappa shape index (κ2) is 14.4. The topological polar surface area (TPSA) is 170 Å². The highest BCUT2D eigenvalue weighted by atomic mass is 32.2. The van der Waals surface area contributed by atoms with Crippen LogP contribution in [0.15, 0.2) is 94.9 Å². The maximum atomic E-state index is 12.9. The summed E-state index contributed by atoms with van der Waals surface area (Å²) in [5.41, 5.74) is 9.81. The van der Waals surface area contributed by atoms with Crippen LogP contribution in [0.5, 0.6) is 0 Å². The van der Waals surface area contributed by atoms with Crippen molar-refractivity contribution in [1.82, 2.24) is 19.3 Å². The van der Waals surface area contributed by atoms with Gasteiger partial charge in [-0.3, -0.25) is 13.8 Å². The summed E-state index contributed by atoms with van der Waals surface area (Å²) in [6.07, 6.45) is -0.661. The highest BCUT2D eigenvalue weighted by molar-refractivity contribution is 7.86. The normalized spacial score (nSPS) is 14.6. The second-order valence-corrected chi connectivity index (χ2v) is 14.0. The molecule has 0 radical (unpaired) electrons. The molecule has 0 fully saturated rings. The Morgan fingerprint density at radius 3 is 1.67 bits per heavy atom. The van der Waals surface area contributed by atoms with Crippen molar-refractivity contribution in [1.29, 1.82) is 0 Å². The number of rotatable bonds is 4. The first kappa shape index (κ1) is 36.5. The zero-order valence-electron chi connectivity index (χ0n) is 26.1. The molecule has 4 N–H and O–H groups in total. The molecule has 48 heavy (non-hydrogen) atoms. The van der Waals surface area contributed by atoms with Gasteiger partial charge >= 0.3 is 6.18 Å². The van der Waals surface area contributed by atoms with Crippen molar-refractivity contribution in [3.05, 3.63) is 108 Å². The summed E-state index contributed by atoms with van der Waals surface area (Å²) in [6.45, 7) is 4.44. The van der Waals surface area contributed by atoms with Crippen molar-refractivity contribution in [2.45, 2.75) is 55.2 Å². The fraction of sp³-hybridized carbons (Fsp3) is 0.250. The third-order valence-electron chi connectivity index (χ3n) is 7.31. The standard InChI is InChI=1S/C18H18F3N5.2C7H8O3S/c1-25-16(18(19,20)21)8-14(24-25)11-2-4-12(5-3-11)15-10-26-9-13(22)6-7-17(26)23-15;2*1-6-2-4-7(5-3-6)11(8,9)10/h2-5,8,10,13H,6-7,9,22H2,1H3;2*2-5H,1H3,(H,8,9,10). The molecule has 0 saturated carbocycles. The van der Waals surface area contributed by atoms with Crippen molar-refractivity contribution < 1.29 is 39.1 Å². The quantitative estimate of drug-likeness (QED) is 0.198. The molecule has 3 heterocycles. The molecular formula is C32H34F3N5O6S2. The summed E-state index contributed by atoms with van der Waals surface area (Å²) < 4.78 is 101. The molecule has 11 nitrogen and oxygen atoms in total. The van der Waals surface area contributed by atoms with E-state index in [0.717, 1.165) is 58.3 Å². The van der Waals surface area contributed by atoms with E-state index in [1.54, 1.807) is 36.4 Å². The number of imidazole rings is 1. The fourth-order valence-corrected chi connectivity index (χ4v) is 5.68. The molecular weight excluding hydrogens is 672 g/mol. The largest absolute Gasteiger partial charge is 0.433 e. The minimum Gasteiger partial charge on any atom is -0.333 e. The van der Waals surface area contributed by atoms with Gasteiger partial charge in [0.1, 0.15) is 11.5 Å². The Morgan fingerprint density at radius 2 is 1.25 bits per heavy atom. The van der Waals surface area contributed by atoms with Crippen LogP contribution >= 0.6 is 0 Å². The molecule has 16 heteroatoms. The highest BCUT2D eigenvalue weighted by Gasteiger charge is 2.35. The monoisotopic (exact) mass is 705 g/mol. The van der Waals surface area contributed by atoms with E-state index < -0.39 is 32.1 Å². The Bertz CT molecular complexity index is 2000. The molecule has 2 aromatic heterocycles. The first-order valence-corrected chi connectivity index (χ1v) is 17.3. The van der Waals surface area contributed by atoms with Gasteiger partial charge in [-0.05, 0) is 50.6 Å². The zero-order chi connectivity index (χ0) is 35.4. The van der Waals surface area contributed by atoms with Gasteiger partial charge in [-0.25, -0.2) is 4.98 Å². The smallest absolute Gasteiger partial charge is 0.333 e. The number of halogens is 3. The lowest BCUT2D eigenvalue weighted by Crippen LogP contribution is -2.31. The highest BCUT2D eigenvalue weighted by Crippen LogP contribution is 2.32. The van der Waals surface area contributed by atoms with E-state index in [1.807, 2.05) is 32.2 Å². The molecule has 256 valence electrons. The van der Waals surface area contributed by atoms with Crippen molar-refractivity contribution >= 4 is 20.2 Å². The van der Waals surface area contributed by atoms with Crippen LogP contribution < -0.4 is 5.73 Å². The Kier molecular flexibility index (Phi) is 11.0. The van der Waals surface area contributed by atoms with E-state index in [-0.39, 0.29) is 15.8 Å². The lowest BCUT2D eigenvalue weighted by molar-refractivity contribution is -0.143. The van der Waals surface area contributed by atoms with Gasteiger partial charge in [-0.1, -0.05) is 59.7 Å². The molecule has 0 amide bonds. The van der Waals surface area contributed by atoms with Crippen molar-refractivity contribution in [2.24, 2.45) is 12.8 Å². The zero-order valence-corrected chi connectivity index (χ0v) is 27.8. The maximum absolute atomic E-state index is 12.9. The van der Waals surface area contributed by atoms with Gasteiger partial charge in [0.05, 0.1) is 21.2 Å². The van der Waals surface area contributed by atoms with Gasteiger partial charge in [0.15, 0.2) is 0 Å². The van der Waals surface area contributed by atoms with Gasteiger partial charge < -0.3 is 10.3 Å². The van der Waals surface area contributed by atoms with Gasteiger partial charge in [0, 0.05) is 43.4 Å². The number of hydrogen-bond acceptors (Lipinski definition) is 7. The van der Waals surface area contributed by atoms with Gasteiger partial charge in [0.25, 0.3) is 20.2 Å². The Labute approximate surface area is 276 Å². The number of aromatic nitrogens is 4. The van der Waals surface area contributed by atoms with Gasteiger partial charge in [0.2, 0.25) is 0 Å². The summed E-state index contributed by atoms with van der Waals surface area (Å²) in [5.74, 6) is 1.02. The predicted molar refractivity (Wildman–Crippen MR) is 173 cm³/mol. The summed E-state index contributed by atoms with van der Waals surface area (Å²) in [5, 5.41) is 3.97. The molecule has 0 aliphatic carbocycles. The van der Waals surface area contributed by atoms with Crippen LogP contribution in [0.3, 0.4) is 0 Å². The van der Waals surface area contributed by atoms with E-state index in [1.165, 1.54) is 31.3 Å². The summed E-state index contributed by atoms with van der Waals surface area (Å²) in [6, 6.07) is 20.4. The molecule has 5 aromatic rings. The lowest BCUT2D eigenvalue weighted by Gasteiger charge is -2.19. The van der Waals surface area contributed by atoms with Crippen molar-refractivity contribution in [3.8, 4) is 22.5 Å². The van der Waals surface area contributed by atoms with E-state index in [4.69, 9.17) is 14.8 Å². The minimum absolute atomic E-state index is 0.0666.